The lowest BCUT2D eigenvalue weighted by atomic mass is 10.1. The number of amides is 1. The van der Waals surface area contributed by atoms with E-state index in [0.717, 1.165) is 6.07 Å². The van der Waals surface area contributed by atoms with E-state index < -0.39 is 14.9 Å². The molecule has 27 heavy (non-hydrogen) atoms. The number of nitrogens with one attached hydrogen (secondary N) is 1. The summed E-state index contributed by atoms with van der Waals surface area (Å²) >= 11 is 0. The number of non-ortho nitro benzene ring substituents is 1. The second kappa shape index (κ2) is 7.36. The highest BCUT2D eigenvalue weighted by atomic mass is 32.2. The van der Waals surface area contributed by atoms with Gasteiger partial charge < -0.3 is 4.90 Å². The number of hydrogen-bond donors (Lipinski definition) is 1. The van der Waals surface area contributed by atoms with Crippen molar-refractivity contribution in [3.8, 4) is 0 Å². The van der Waals surface area contributed by atoms with Crippen LogP contribution in [0.3, 0.4) is 0 Å². The summed E-state index contributed by atoms with van der Waals surface area (Å²) < 4.78 is 28.2. The molecule has 0 unspecified atom stereocenters. The van der Waals surface area contributed by atoms with E-state index in [1.54, 1.807) is 47.0 Å². The maximum atomic E-state index is 12.9. The minimum absolute atomic E-state index is 0.169. The van der Waals surface area contributed by atoms with E-state index in [1.165, 1.54) is 17.0 Å². The maximum absolute atomic E-state index is 12.9. The van der Waals surface area contributed by atoms with Crippen LogP contribution in [0.1, 0.15) is 27.0 Å². The zero-order valence-corrected chi connectivity index (χ0v) is 16.5. The Bertz CT molecular complexity index is 1030. The number of benzene rings is 2. The lowest BCUT2D eigenvalue weighted by Crippen LogP contribution is -2.22. The van der Waals surface area contributed by atoms with Gasteiger partial charge in [-0.25, -0.2) is 8.42 Å². The molecule has 0 bridgehead atoms. The summed E-state index contributed by atoms with van der Waals surface area (Å²) in [5.41, 5.74) is 1.81. The molecule has 0 heterocycles. The fourth-order valence-electron chi connectivity index (χ4n) is 2.52. The van der Waals surface area contributed by atoms with Gasteiger partial charge in [0.25, 0.3) is 21.6 Å². The zero-order chi connectivity index (χ0) is 20.5. The van der Waals surface area contributed by atoms with Gasteiger partial charge in [-0.1, -0.05) is 6.07 Å². The maximum Gasteiger partial charge on any atom is 0.271 e. The quantitative estimate of drug-likeness (QED) is 0.622. The molecule has 0 spiro atoms. The third kappa shape index (κ3) is 4.25. The van der Waals surface area contributed by atoms with E-state index in [4.69, 9.17) is 0 Å². The Labute approximate surface area is 158 Å². The molecule has 9 heteroatoms. The normalized spacial score (nSPS) is 11.1. The van der Waals surface area contributed by atoms with Crippen LogP contribution < -0.4 is 4.72 Å². The van der Waals surface area contributed by atoms with Gasteiger partial charge in [0.05, 0.1) is 15.5 Å². The first-order valence-electron chi connectivity index (χ1n) is 8.05. The van der Waals surface area contributed by atoms with Gasteiger partial charge in [0.1, 0.15) is 0 Å². The predicted octanol–water partition coefficient (Wildman–Crippen LogP) is 3.02. The van der Waals surface area contributed by atoms with Gasteiger partial charge >= 0.3 is 0 Å². The molecule has 1 amide bonds. The van der Waals surface area contributed by atoms with E-state index in [-0.39, 0.29) is 22.2 Å². The van der Waals surface area contributed by atoms with Gasteiger partial charge in [-0.15, -0.1) is 0 Å². The number of nitro benzene ring substituents is 1. The van der Waals surface area contributed by atoms with Crippen molar-refractivity contribution in [2.75, 3.05) is 18.8 Å². The number of carbonyl (C=O) groups excluding carboxylic acids is 1. The van der Waals surface area contributed by atoms with Crippen LogP contribution in [0.5, 0.6) is 0 Å². The van der Waals surface area contributed by atoms with Crippen LogP contribution in [0.4, 0.5) is 11.4 Å². The minimum Gasteiger partial charge on any atom is -0.345 e. The lowest BCUT2D eigenvalue weighted by Gasteiger charge is -2.16. The second-order valence-corrected chi connectivity index (χ2v) is 8.13. The molecular weight excluding hydrogens is 370 g/mol. The SMILES string of the molecule is Cc1ccc(C(=O)N(C)C)cc1NS(=O)(=O)c1cc([N+](=O)[O-])cc(C)c1C. The van der Waals surface area contributed by atoms with Crippen LogP contribution in [-0.2, 0) is 10.0 Å². The van der Waals surface area contributed by atoms with Crippen molar-refractivity contribution < 1.29 is 18.1 Å². The van der Waals surface area contributed by atoms with Crippen LogP contribution in [0.2, 0.25) is 0 Å². The fourth-order valence-corrected chi connectivity index (χ4v) is 3.98. The Morgan fingerprint density at radius 2 is 1.70 bits per heavy atom. The van der Waals surface area contributed by atoms with E-state index in [9.17, 15) is 23.3 Å². The van der Waals surface area contributed by atoms with Gasteiger partial charge in [-0.3, -0.25) is 19.6 Å². The standard InChI is InChI=1S/C18H21N3O5S/c1-11-6-7-14(18(22)20(4)5)9-16(11)19-27(25,26)17-10-15(21(23)24)8-12(2)13(17)3/h6-10,19H,1-5H3. The molecule has 0 aliphatic heterocycles. The molecule has 0 saturated heterocycles. The number of nitro groups is 1. The Balaban J connectivity index is 2.53. The summed E-state index contributed by atoms with van der Waals surface area (Å²) in [7, 11) is -0.890. The fraction of sp³-hybridized carbons (Fsp3) is 0.278. The van der Waals surface area contributed by atoms with E-state index >= 15 is 0 Å². The molecule has 2 aromatic rings. The summed E-state index contributed by atoms with van der Waals surface area (Å²) in [6.45, 7) is 4.91. The van der Waals surface area contributed by atoms with Gasteiger partial charge in [0, 0.05) is 31.8 Å². The van der Waals surface area contributed by atoms with Crippen molar-refractivity contribution in [3.63, 3.8) is 0 Å². The number of anilines is 1. The van der Waals surface area contributed by atoms with Crippen LogP contribution in [0.15, 0.2) is 35.2 Å². The van der Waals surface area contributed by atoms with Crippen LogP contribution in [-0.4, -0.2) is 38.2 Å². The van der Waals surface area contributed by atoms with Gasteiger partial charge in [0.2, 0.25) is 0 Å². The Hall–Kier alpha value is -2.94. The highest BCUT2D eigenvalue weighted by molar-refractivity contribution is 7.92. The number of carbonyl (C=O) groups is 1. The molecule has 1 N–H and O–H groups in total. The molecule has 0 aliphatic carbocycles. The lowest BCUT2D eigenvalue weighted by molar-refractivity contribution is -0.385. The molecule has 144 valence electrons. The van der Waals surface area contributed by atoms with Gasteiger partial charge in [-0.2, -0.15) is 0 Å². The van der Waals surface area contributed by atoms with Crippen molar-refractivity contribution in [2.45, 2.75) is 25.7 Å². The van der Waals surface area contributed by atoms with Crippen molar-refractivity contribution in [3.05, 3.63) is 62.7 Å². The average molecular weight is 391 g/mol. The Morgan fingerprint density at radius 3 is 2.26 bits per heavy atom. The second-order valence-electron chi connectivity index (χ2n) is 6.48. The molecule has 2 rings (SSSR count). The monoisotopic (exact) mass is 391 g/mol. The molecule has 0 fully saturated rings. The van der Waals surface area contributed by atoms with Crippen molar-refractivity contribution in [1.29, 1.82) is 0 Å². The summed E-state index contributed by atoms with van der Waals surface area (Å²) in [6, 6.07) is 7.07. The molecule has 0 radical (unpaired) electrons. The summed E-state index contributed by atoms with van der Waals surface area (Å²) in [5, 5.41) is 11.1. The molecular formula is C18H21N3O5S. The molecule has 0 aromatic heterocycles. The number of aryl methyl sites for hydroxylation is 2. The highest BCUT2D eigenvalue weighted by Crippen LogP contribution is 2.28. The van der Waals surface area contributed by atoms with Crippen LogP contribution in [0.25, 0.3) is 0 Å². The first-order chi connectivity index (χ1) is 12.4. The summed E-state index contributed by atoms with van der Waals surface area (Å²) in [6.07, 6.45) is 0. The van der Waals surface area contributed by atoms with Crippen LogP contribution in [0, 0.1) is 30.9 Å². The third-order valence-corrected chi connectivity index (χ3v) is 5.73. The molecule has 0 saturated carbocycles. The average Bonchev–Trinajstić information content (AvgIpc) is 2.57. The first kappa shape index (κ1) is 20.4. The molecule has 0 aliphatic rings. The zero-order valence-electron chi connectivity index (χ0n) is 15.7. The Morgan fingerprint density at radius 1 is 1.07 bits per heavy atom. The largest absolute Gasteiger partial charge is 0.345 e. The molecule has 2 aromatic carbocycles. The topological polar surface area (TPSA) is 110 Å². The first-order valence-corrected chi connectivity index (χ1v) is 9.53. The summed E-state index contributed by atoms with van der Waals surface area (Å²) in [5.74, 6) is -0.266. The number of nitrogens with zero attached hydrogens (tertiary/aromatic N) is 2. The number of sulfonamides is 1. The van der Waals surface area contributed by atoms with Crippen molar-refractivity contribution >= 4 is 27.3 Å². The van der Waals surface area contributed by atoms with E-state index in [0.29, 0.717) is 22.3 Å². The van der Waals surface area contributed by atoms with Crippen molar-refractivity contribution in [2.24, 2.45) is 0 Å². The predicted molar refractivity (Wildman–Crippen MR) is 103 cm³/mol. The minimum atomic E-state index is -4.09. The van der Waals surface area contributed by atoms with Gasteiger partial charge in [-0.05, 0) is 49.6 Å². The van der Waals surface area contributed by atoms with E-state index in [2.05, 4.69) is 4.72 Å². The van der Waals surface area contributed by atoms with Gasteiger partial charge in [0.15, 0.2) is 0 Å². The van der Waals surface area contributed by atoms with Crippen molar-refractivity contribution in [1.82, 2.24) is 4.90 Å². The highest BCUT2D eigenvalue weighted by Gasteiger charge is 2.23. The Kier molecular flexibility index (Phi) is 5.55. The summed E-state index contributed by atoms with van der Waals surface area (Å²) in [4.78, 5) is 23.8. The van der Waals surface area contributed by atoms with Crippen LogP contribution >= 0.6 is 0 Å². The number of hydrogen-bond acceptors (Lipinski definition) is 5. The number of rotatable bonds is 5. The van der Waals surface area contributed by atoms with E-state index in [1.807, 2.05) is 0 Å². The smallest absolute Gasteiger partial charge is 0.271 e. The molecule has 8 nitrogen and oxygen atoms in total. The third-order valence-electron chi connectivity index (χ3n) is 4.24. The molecule has 0 atom stereocenters.